The summed E-state index contributed by atoms with van der Waals surface area (Å²) in [7, 11) is 0. The van der Waals surface area contributed by atoms with Crippen molar-refractivity contribution in [2.24, 2.45) is 0 Å². The molecular formula is C17H25FO. The Morgan fingerprint density at radius 1 is 1.16 bits per heavy atom. The second kappa shape index (κ2) is 6.31. The highest BCUT2D eigenvalue weighted by Crippen LogP contribution is 2.32. The van der Waals surface area contributed by atoms with Gasteiger partial charge in [-0.15, -0.1) is 0 Å². The van der Waals surface area contributed by atoms with Crippen molar-refractivity contribution in [1.29, 1.82) is 0 Å². The Labute approximate surface area is 116 Å². The van der Waals surface area contributed by atoms with E-state index in [1.54, 1.807) is 0 Å². The zero-order chi connectivity index (χ0) is 14.7. The molecule has 1 aromatic rings. The van der Waals surface area contributed by atoms with E-state index in [2.05, 4.69) is 13.8 Å². The van der Waals surface area contributed by atoms with E-state index < -0.39 is 0 Å². The van der Waals surface area contributed by atoms with Crippen LogP contribution in [0.5, 0.6) is 0 Å². The minimum Gasteiger partial charge on any atom is -0.294 e. The van der Waals surface area contributed by atoms with Crippen LogP contribution >= 0.6 is 0 Å². The Bertz CT molecular complexity index is 473. The average molecular weight is 264 g/mol. The van der Waals surface area contributed by atoms with Crippen molar-refractivity contribution < 1.29 is 9.18 Å². The summed E-state index contributed by atoms with van der Waals surface area (Å²) in [6.07, 6.45) is 1.58. The molecule has 0 N–H and O–H groups in total. The van der Waals surface area contributed by atoms with E-state index in [0.717, 1.165) is 23.1 Å². The van der Waals surface area contributed by atoms with E-state index in [4.69, 9.17) is 0 Å². The average Bonchev–Trinajstić information content (AvgIpc) is 2.29. The lowest BCUT2D eigenvalue weighted by molar-refractivity contribution is 0.101. The summed E-state index contributed by atoms with van der Waals surface area (Å²) in [6.45, 7) is 11.6. The SMILES string of the molecule is CCCc1c(C(C)C)cc(C(C)C)c(C(C)=O)c1F. The standard InChI is InChI=1S/C17H25FO/c1-7-8-13-14(10(2)3)9-15(11(4)5)16(12(6)19)17(13)18/h9-11H,7-8H2,1-6H3. The lowest BCUT2D eigenvalue weighted by Crippen LogP contribution is -2.12. The third-order valence-electron chi connectivity index (χ3n) is 3.53. The Balaban J connectivity index is 3.64. The second-order valence-electron chi connectivity index (χ2n) is 5.84. The first-order chi connectivity index (χ1) is 8.81. The zero-order valence-corrected chi connectivity index (χ0v) is 12.9. The van der Waals surface area contributed by atoms with Gasteiger partial charge < -0.3 is 0 Å². The lowest BCUT2D eigenvalue weighted by atomic mass is 9.85. The number of hydrogen-bond acceptors (Lipinski definition) is 1. The van der Waals surface area contributed by atoms with E-state index in [0.29, 0.717) is 12.0 Å². The minimum absolute atomic E-state index is 0.154. The van der Waals surface area contributed by atoms with Gasteiger partial charge in [-0.05, 0) is 41.9 Å². The van der Waals surface area contributed by atoms with Gasteiger partial charge in [0.25, 0.3) is 0 Å². The highest BCUT2D eigenvalue weighted by Gasteiger charge is 2.22. The van der Waals surface area contributed by atoms with Gasteiger partial charge in [0, 0.05) is 0 Å². The van der Waals surface area contributed by atoms with Crippen molar-refractivity contribution in [3.05, 3.63) is 34.1 Å². The molecule has 0 aliphatic heterocycles. The first-order valence-corrected chi connectivity index (χ1v) is 7.17. The van der Waals surface area contributed by atoms with Crippen molar-refractivity contribution in [2.75, 3.05) is 0 Å². The molecule has 0 heterocycles. The van der Waals surface area contributed by atoms with Crippen LogP contribution in [-0.2, 0) is 6.42 Å². The van der Waals surface area contributed by atoms with Crippen molar-refractivity contribution in [3.63, 3.8) is 0 Å². The van der Waals surface area contributed by atoms with Crippen molar-refractivity contribution in [2.45, 2.75) is 66.2 Å². The smallest absolute Gasteiger partial charge is 0.163 e. The molecule has 0 aliphatic rings. The Kier molecular flexibility index (Phi) is 5.28. The maximum atomic E-state index is 14.7. The van der Waals surface area contributed by atoms with Gasteiger partial charge in [0.05, 0.1) is 5.56 Å². The summed E-state index contributed by atoms with van der Waals surface area (Å²) in [5, 5.41) is 0. The molecule has 0 amide bonds. The van der Waals surface area contributed by atoms with Gasteiger partial charge in [-0.1, -0.05) is 47.1 Å². The van der Waals surface area contributed by atoms with Gasteiger partial charge >= 0.3 is 0 Å². The summed E-state index contributed by atoms with van der Waals surface area (Å²) in [6, 6.07) is 2.04. The van der Waals surface area contributed by atoms with Crippen LogP contribution in [0.4, 0.5) is 4.39 Å². The summed E-state index contributed by atoms with van der Waals surface area (Å²) < 4.78 is 14.7. The van der Waals surface area contributed by atoms with Gasteiger partial charge in [0.2, 0.25) is 0 Å². The molecule has 0 spiro atoms. The third kappa shape index (κ3) is 3.23. The molecule has 0 bridgehead atoms. The Hall–Kier alpha value is -1.18. The van der Waals surface area contributed by atoms with Crippen LogP contribution in [0, 0.1) is 5.82 Å². The molecule has 0 aliphatic carbocycles. The molecule has 0 fully saturated rings. The summed E-state index contributed by atoms with van der Waals surface area (Å²) >= 11 is 0. The molecule has 2 heteroatoms. The molecule has 106 valence electrons. The largest absolute Gasteiger partial charge is 0.294 e. The molecule has 0 aromatic heterocycles. The quantitative estimate of drug-likeness (QED) is 0.666. The van der Waals surface area contributed by atoms with Crippen LogP contribution in [0.2, 0.25) is 0 Å². The molecule has 0 atom stereocenters. The molecule has 19 heavy (non-hydrogen) atoms. The highest BCUT2D eigenvalue weighted by molar-refractivity contribution is 5.96. The van der Waals surface area contributed by atoms with Crippen LogP contribution in [0.15, 0.2) is 6.07 Å². The number of rotatable bonds is 5. The Morgan fingerprint density at radius 2 is 1.68 bits per heavy atom. The first-order valence-electron chi connectivity index (χ1n) is 7.17. The number of carbonyl (C=O) groups is 1. The second-order valence-corrected chi connectivity index (χ2v) is 5.84. The maximum absolute atomic E-state index is 14.7. The number of Topliss-reactive ketones (excluding diaryl/α,β-unsaturated/α-hetero) is 1. The first kappa shape index (κ1) is 15.9. The van der Waals surface area contributed by atoms with E-state index in [9.17, 15) is 9.18 Å². The van der Waals surface area contributed by atoms with E-state index in [1.165, 1.54) is 6.92 Å². The summed E-state index contributed by atoms with van der Waals surface area (Å²) in [5.41, 5.74) is 2.91. The molecule has 1 nitrogen and oxygen atoms in total. The van der Waals surface area contributed by atoms with E-state index >= 15 is 0 Å². The normalized spacial score (nSPS) is 11.4. The molecule has 1 aromatic carbocycles. The van der Waals surface area contributed by atoms with Crippen LogP contribution < -0.4 is 0 Å². The van der Waals surface area contributed by atoms with Gasteiger partial charge in [0.15, 0.2) is 5.78 Å². The number of hydrogen-bond donors (Lipinski definition) is 0. The maximum Gasteiger partial charge on any atom is 0.163 e. The molecule has 0 radical (unpaired) electrons. The molecular weight excluding hydrogens is 239 g/mol. The van der Waals surface area contributed by atoms with E-state index in [-0.39, 0.29) is 23.4 Å². The fourth-order valence-corrected chi connectivity index (χ4v) is 2.56. The topological polar surface area (TPSA) is 17.1 Å². The number of halogens is 1. The van der Waals surface area contributed by atoms with Crippen molar-refractivity contribution >= 4 is 5.78 Å². The van der Waals surface area contributed by atoms with Gasteiger partial charge in [-0.3, -0.25) is 4.79 Å². The van der Waals surface area contributed by atoms with Crippen LogP contribution in [0.1, 0.15) is 86.8 Å². The lowest BCUT2D eigenvalue weighted by Gasteiger charge is -2.20. The fourth-order valence-electron chi connectivity index (χ4n) is 2.56. The van der Waals surface area contributed by atoms with Crippen molar-refractivity contribution in [1.82, 2.24) is 0 Å². The highest BCUT2D eigenvalue weighted by atomic mass is 19.1. The summed E-state index contributed by atoms with van der Waals surface area (Å²) in [5.74, 6) is -0.0331. The predicted octanol–water partition coefficient (Wildman–Crippen LogP) is 5.23. The molecule has 0 saturated heterocycles. The van der Waals surface area contributed by atoms with E-state index in [1.807, 2.05) is 26.8 Å². The summed E-state index contributed by atoms with van der Waals surface area (Å²) in [4.78, 5) is 11.8. The number of ketones is 1. The molecule has 1 rings (SSSR count). The van der Waals surface area contributed by atoms with Crippen LogP contribution in [0.3, 0.4) is 0 Å². The van der Waals surface area contributed by atoms with Gasteiger partial charge in [0.1, 0.15) is 5.82 Å². The van der Waals surface area contributed by atoms with Gasteiger partial charge in [-0.2, -0.15) is 0 Å². The number of benzene rings is 1. The number of carbonyl (C=O) groups excluding carboxylic acids is 1. The fraction of sp³-hybridized carbons (Fsp3) is 0.588. The van der Waals surface area contributed by atoms with Crippen LogP contribution in [0.25, 0.3) is 0 Å². The third-order valence-corrected chi connectivity index (χ3v) is 3.53. The molecule has 0 saturated carbocycles. The zero-order valence-electron chi connectivity index (χ0n) is 12.9. The van der Waals surface area contributed by atoms with Crippen LogP contribution in [-0.4, -0.2) is 5.78 Å². The molecule has 0 unspecified atom stereocenters. The minimum atomic E-state index is -0.288. The predicted molar refractivity (Wildman–Crippen MR) is 78.6 cm³/mol. The monoisotopic (exact) mass is 264 g/mol. The van der Waals surface area contributed by atoms with Crippen molar-refractivity contribution in [3.8, 4) is 0 Å². The Morgan fingerprint density at radius 3 is 2.05 bits per heavy atom. The van der Waals surface area contributed by atoms with Gasteiger partial charge in [-0.25, -0.2) is 4.39 Å².